The summed E-state index contributed by atoms with van der Waals surface area (Å²) in [5.41, 5.74) is 1.21. The van der Waals surface area contributed by atoms with Gasteiger partial charge in [-0.2, -0.15) is 0 Å². The highest BCUT2D eigenvalue weighted by molar-refractivity contribution is 7.89. The second-order valence-electron chi connectivity index (χ2n) is 5.65. The molecular formula is C15H26N2O2S. The summed E-state index contributed by atoms with van der Waals surface area (Å²) in [5, 5.41) is 3.37. The molecule has 1 N–H and O–H groups in total. The lowest BCUT2D eigenvalue weighted by molar-refractivity contribution is 0.436. The first kappa shape index (κ1) is 17.1. The van der Waals surface area contributed by atoms with Crippen molar-refractivity contribution in [3.63, 3.8) is 0 Å². The molecule has 0 heterocycles. The smallest absolute Gasteiger partial charge is 0.214 e. The predicted octanol–water partition coefficient (Wildman–Crippen LogP) is 2.25. The van der Waals surface area contributed by atoms with Crippen molar-refractivity contribution in [3.8, 4) is 0 Å². The Morgan fingerprint density at radius 3 is 2.25 bits per heavy atom. The first-order valence-electron chi connectivity index (χ1n) is 7.01. The predicted molar refractivity (Wildman–Crippen MR) is 84.1 cm³/mol. The molecule has 114 valence electrons. The molecule has 1 atom stereocenters. The summed E-state index contributed by atoms with van der Waals surface area (Å²) in [6.45, 7) is 4.81. The van der Waals surface area contributed by atoms with Gasteiger partial charge in [0.1, 0.15) is 0 Å². The van der Waals surface area contributed by atoms with E-state index in [1.54, 1.807) is 14.1 Å². The Hall–Kier alpha value is -0.910. The van der Waals surface area contributed by atoms with Crippen LogP contribution in [0.2, 0.25) is 0 Å². The quantitative estimate of drug-likeness (QED) is 0.801. The number of hydrogen-bond acceptors (Lipinski definition) is 3. The van der Waals surface area contributed by atoms with Gasteiger partial charge in [-0.25, -0.2) is 12.7 Å². The van der Waals surface area contributed by atoms with Crippen LogP contribution in [0.15, 0.2) is 30.3 Å². The Bertz CT molecular complexity index is 484. The third-order valence-electron chi connectivity index (χ3n) is 3.22. The molecular weight excluding hydrogens is 272 g/mol. The molecule has 0 aromatic heterocycles. The van der Waals surface area contributed by atoms with E-state index in [1.807, 2.05) is 18.2 Å². The topological polar surface area (TPSA) is 49.4 Å². The molecule has 1 aromatic carbocycles. The van der Waals surface area contributed by atoms with Crippen molar-refractivity contribution in [3.05, 3.63) is 35.9 Å². The molecule has 1 unspecified atom stereocenters. The maximum atomic E-state index is 11.8. The van der Waals surface area contributed by atoms with Crippen LogP contribution in [0, 0.1) is 5.92 Å². The Kier molecular flexibility index (Phi) is 6.65. The van der Waals surface area contributed by atoms with Gasteiger partial charge in [0.05, 0.1) is 5.75 Å². The molecule has 0 amide bonds. The zero-order valence-electron chi connectivity index (χ0n) is 12.8. The number of rotatable bonds is 8. The third kappa shape index (κ3) is 5.61. The molecule has 4 nitrogen and oxygen atoms in total. The highest BCUT2D eigenvalue weighted by Crippen LogP contribution is 2.20. The lowest BCUT2D eigenvalue weighted by Crippen LogP contribution is -2.33. The van der Waals surface area contributed by atoms with Gasteiger partial charge in [-0.3, -0.25) is 0 Å². The van der Waals surface area contributed by atoms with Gasteiger partial charge in [-0.1, -0.05) is 44.2 Å². The van der Waals surface area contributed by atoms with Crippen molar-refractivity contribution >= 4 is 10.0 Å². The summed E-state index contributed by atoms with van der Waals surface area (Å²) >= 11 is 0. The molecule has 0 aliphatic carbocycles. The fourth-order valence-corrected chi connectivity index (χ4v) is 2.78. The van der Waals surface area contributed by atoms with Crippen molar-refractivity contribution in [1.82, 2.24) is 9.62 Å². The van der Waals surface area contributed by atoms with E-state index in [1.165, 1.54) is 9.87 Å². The molecule has 1 aromatic rings. The second kappa shape index (κ2) is 7.76. The molecule has 20 heavy (non-hydrogen) atoms. The molecule has 0 fully saturated rings. The molecule has 1 rings (SSSR count). The molecule has 0 saturated heterocycles. The monoisotopic (exact) mass is 298 g/mol. The van der Waals surface area contributed by atoms with E-state index in [0.29, 0.717) is 12.5 Å². The van der Waals surface area contributed by atoms with Gasteiger partial charge >= 0.3 is 0 Å². The van der Waals surface area contributed by atoms with Crippen molar-refractivity contribution in [2.75, 3.05) is 26.4 Å². The van der Waals surface area contributed by atoms with E-state index in [9.17, 15) is 8.42 Å². The Morgan fingerprint density at radius 1 is 1.15 bits per heavy atom. The van der Waals surface area contributed by atoms with Gasteiger partial charge in [0.2, 0.25) is 10.0 Å². The summed E-state index contributed by atoms with van der Waals surface area (Å²) in [5.74, 6) is 0.680. The Labute approximate surface area is 123 Å². The normalized spacial score (nSPS) is 13.9. The van der Waals surface area contributed by atoms with E-state index in [2.05, 4.69) is 31.3 Å². The minimum absolute atomic E-state index is 0.126. The van der Waals surface area contributed by atoms with Gasteiger partial charge < -0.3 is 5.32 Å². The minimum Gasteiger partial charge on any atom is -0.309 e. The highest BCUT2D eigenvalue weighted by Gasteiger charge is 2.16. The maximum absolute atomic E-state index is 11.8. The fraction of sp³-hybridized carbons (Fsp3) is 0.600. The van der Waals surface area contributed by atoms with Crippen LogP contribution in [0.4, 0.5) is 0 Å². The first-order valence-corrected chi connectivity index (χ1v) is 8.62. The first-order chi connectivity index (χ1) is 9.33. The number of nitrogens with zero attached hydrogens (tertiary/aromatic N) is 1. The van der Waals surface area contributed by atoms with E-state index < -0.39 is 10.0 Å². The number of hydrogen-bond donors (Lipinski definition) is 1. The van der Waals surface area contributed by atoms with Crippen LogP contribution in [0.3, 0.4) is 0 Å². The molecule has 5 heteroatoms. The average Bonchev–Trinajstić information content (AvgIpc) is 2.38. The number of sulfonamides is 1. The van der Waals surface area contributed by atoms with Crippen molar-refractivity contribution < 1.29 is 8.42 Å². The molecule has 0 radical (unpaired) electrons. The van der Waals surface area contributed by atoms with E-state index in [0.717, 1.165) is 6.42 Å². The van der Waals surface area contributed by atoms with Crippen molar-refractivity contribution in [1.29, 1.82) is 0 Å². The summed E-state index contributed by atoms with van der Waals surface area (Å²) < 4.78 is 24.8. The van der Waals surface area contributed by atoms with Crippen molar-refractivity contribution in [2.45, 2.75) is 26.3 Å². The zero-order chi connectivity index (χ0) is 15.2. The van der Waals surface area contributed by atoms with Crippen LogP contribution in [0.5, 0.6) is 0 Å². The third-order valence-corrected chi connectivity index (χ3v) is 5.05. The van der Waals surface area contributed by atoms with Crippen molar-refractivity contribution in [2.24, 2.45) is 5.92 Å². The Balaban J connectivity index is 2.63. The summed E-state index contributed by atoms with van der Waals surface area (Å²) in [6, 6.07) is 10.4. The highest BCUT2D eigenvalue weighted by atomic mass is 32.2. The lowest BCUT2D eigenvalue weighted by Gasteiger charge is -2.21. The summed E-state index contributed by atoms with van der Waals surface area (Å²) in [6.07, 6.45) is 0.992. The van der Waals surface area contributed by atoms with Crippen LogP contribution < -0.4 is 5.32 Å². The number of nitrogens with one attached hydrogen (secondary N) is 1. The van der Waals surface area contributed by atoms with Gasteiger partial charge in [0.25, 0.3) is 0 Å². The van der Waals surface area contributed by atoms with Gasteiger partial charge in [0, 0.05) is 26.7 Å². The van der Waals surface area contributed by atoms with Gasteiger partial charge in [-0.15, -0.1) is 0 Å². The van der Waals surface area contributed by atoms with Gasteiger partial charge in [-0.05, 0) is 17.9 Å². The molecule has 0 bridgehead atoms. The minimum atomic E-state index is -3.13. The van der Waals surface area contributed by atoms with E-state index >= 15 is 0 Å². The van der Waals surface area contributed by atoms with E-state index in [-0.39, 0.29) is 11.8 Å². The van der Waals surface area contributed by atoms with Crippen LogP contribution >= 0.6 is 0 Å². The fourth-order valence-electron chi connectivity index (χ4n) is 2.04. The average molecular weight is 298 g/mol. The molecule has 0 spiro atoms. The van der Waals surface area contributed by atoms with Crippen LogP contribution in [-0.4, -0.2) is 39.1 Å². The Morgan fingerprint density at radius 2 is 1.75 bits per heavy atom. The zero-order valence-corrected chi connectivity index (χ0v) is 13.7. The van der Waals surface area contributed by atoms with Crippen LogP contribution in [0.25, 0.3) is 0 Å². The number of benzene rings is 1. The van der Waals surface area contributed by atoms with Crippen LogP contribution in [-0.2, 0) is 10.0 Å². The molecule has 0 aliphatic rings. The van der Waals surface area contributed by atoms with Crippen LogP contribution in [0.1, 0.15) is 31.9 Å². The molecule has 0 saturated carbocycles. The van der Waals surface area contributed by atoms with E-state index in [4.69, 9.17) is 0 Å². The summed E-state index contributed by atoms with van der Waals surface area (Å²) in [4.78, 5) is 0. The largest absolute Gasteiger partial charge is 0.309 e. The maximum Gasteiger partial charge on any atom is 0.214 e. The second-order valence-corrected chi connectivity index (χ2v) is 7.95. The summed E-state index contributed by atoms with van der Waals surface area (Å²) in [7, 11) is 0.00149. The molecule has 0 aliphatic heterocycles. The van der Waals surface area contributed by atoms with Gasteiger partial charge in [0.15, 0.2) is 0 Å². The lowest BCUT2D eigenvalue weighted by atomic mass is 9.97. The standard InChI is InChI=1S/C15H26N2O2S/c1-13(2)12-15(14-8-6-5-7-9-14)16-10-11-20(18,19)17(3)4/h5-9,13,15-16H,10-12H2,1-4H3. The SMILES string of the molecule is CC(C)CC(NCCS(=O)(=O)N(C)C)c1ccccc1.